The lowest BCUT2D eigenvalue weighted by Crippen LogP contribution is -2.11. The lowest BCUT2D eigenvalue weighted by Gasteiger charge is -2.09. The van der Waals surface area contributed by atoms with E-state index in [2.05, 4.69) is 21.2 Å². The van der Waals surface area contributed by atoms with E-state index in [1.54, 1.807) is 19.1 Å². The molecule has 0 bridgehead atoms. The zero-order valence-corrected chi connectivity index (χ0v) is 12.2. The van der Waals surface area contributed by atoms with Crippen molar-refractivity contribution in [2.45, 2.75) is 6.92 Å². The molecule has 0 atom stereocenters. The summed E-state index contributed by atoms with van der Waals surface area (Å²) in [6, 6.07) is 12.7. The second kappa shape index (κ2) is 6.57. The van der Waals surface area contributed by atoms with E-state index in [4.69, 9.17) is 4.74 Å². The van der Waals surface area contributed by atoms with E-state index >= 15 is 0 Å². The van der Waals surface area contributed by atoms with Crippen LogP contribution in [0.5, 0.6) is 5.75 Å². The van der Waals surface area contributed by atoms with Crippen LogP contribution in [0.4, 0.5) is 10.1 Å². The molecule has 0 radical (unpaired) electrons. The van der Waals surface area contributed by atoms with Gasteiger partial charge in [-0.2, -0.15) is 0 Å². The molecule has 0 aromatic heterocycles. The zero-order chi connectivity index (χ0) is 13.7. The number of nitrogens with one attached hydrogen (secondary N) is 1. The Hall–Kier alpha value is -1.55. The van der Waals surface area contributed by atoms with Crippen molar-refractivity contribution in [3.8, 4) is 5.75 Å². The molecule has 19 heavy (non-hydrogen) atoms. The summed E-state index contributed by atoms with van der Waals surface area (Å²) in [5.41, 5.74) is 1.54. The Labute approximate surface area is 120 Å². The van der Waals surface area contributed by atoms with Gasteiger partial charge in [0.15, 0.2) is 0 Å². The first-order valence-electron chi connectivity index (χ1n) is 6.03. The number of benzene rings is 2. The molecule has 0 amide bonds. The molecule has 0 fully saturated rings. The second-order valence-electron chi connectivity index (χ2n) is 4.19. The summed E-state index contributed by atoms with van der Waals surface area (Å²) < 4.78 is 19.7. The number of halogens is 2. The third kappa shape index (κ3) is 4.24. The third-order valence-corrected chi connectivity index (χ3v) is 3.20. The van der Waals surface area contributed by atoms with Gasteiger partial charge in [-0.05, 0) is 55.0 Å². The van der Waals surface area contributed by atoms with E-state index in [1.165, 1.54) is 6.07 Å². The van der Waals surface area contributed by atoms with E-state index in [0.29, 0.717) is 18.7 Å². The Morgan fingerprint density at radius 1 is 1.16 bits per heavy atom. The molecular weight excluding hydrogens is 309 g/mol. The van der Waals surface area contributed by atoms with Gasteiger partial charge in [0.1, 0.15) is 18.2 Å². The van der Waals surface area contributed by atoms with Crippen molar-refractivity contribution >= 4 is 21.6 Å². The number of ether oxygens (including phenoxy) is 1. The fourth-order valence-electron chi connectivity index (χ4n) is 1.65. The molecule has 4 heteroatoms. The van der Waals surface area contributed by atoms with Crippen LogP contribution in [0.2, 0.25) is 0 Å². The number of aryl methyl sites for hydroxylation is 1. The van der Waals surface area contributed by atoms with Gasteiger partial charge in [0.25, 0.3) is 0 Å². The Bertz CT molecular complexity index is 542. The van der Waals surface area contributed by atoms with Crippen molar-refractivity contribution < 1.29 is 9.13 Å². The average Bonchev–Trinajstić information content (AvgIpc) is 2.41. The Kier molecular flexibility index (Phi) is 4.80. The van der Waals surface area contributed by atoms with Crippen LogP contribution < -0.4 is 10.1 Å². The van der Waals surface area contributed by atoms with Gasteiger partial charge in [0.2, 0.25) is 0 Å². The van der Waals surface area contributed by atoms with E-state index in [1.807, 2.05) is 24.3 Å². The third-order valence-electron chi connectivity index (χ3n) is 2.67. The second-order valence-corrected chi connectivity index (χ2v) is 5.11. The summed E-state index contributed by atoms with van der Waals surface area (Å²) >= 11 is 3.37. The highest BCUT2D eigenvalue weighted by Gasteiger charge is 1.98. The van der Waals surface area contributed by atoms with E-state index in [-0.39, 0.29) is 5.82 Å². The van der Waals surface area contributed by atoms with Crippen molar-refractivity contribution in [1.82, 2.24) is 0 Å². The molecule has 0 saturated carbocycles. The van der Waals surface area contributed by atoms with Gasteiger partial charge in [0, 0.05) is 16.7 Å². The molecule has 0 heterocycles. The molecule has 0 spiro atoms. The highest BCUT2D eigenvalue weighted by Crippen LogP contribution is 2.16. The first-order chi connectivity index (χ1) is 9.15. The number of anilines is 1. The largest absolute Gasteiger partial charge is 0.492 e. The predicted octanol–water partition coefficient (Wildman–Crippen LogP) is 4.39. The van der Waals surface area contributed by atoms with Gasteiger partial charge < -0.3 is 10.1 Å². The lowest BCUT2D eigenvalue weighted by atomic mass is 10.2. The van der Waals surface area contributed by atoms with Crippen molar-refractivity contribution in [1.29, 1.82) is 0 Å². The normalized spacial score (nSPS) is 10.3. The SMILES string of the molecule is Cc1cc(NCCOc2ccc(Br)cc2)ccc1F. The van der Waals surface area contributed by atoms with Gasteiger partial charge in [-0.15, -0.1) is 0 Å². The van der Waals surface area contributed by atoms with Crippen molar-refractivity contribution in [3.63, 3.8) is 0 Å². The smallest absolute Gasteiger partial charge is 0.126 e. The number of hydrogen-bond acceptors (Lipinski definition) is 2. The average molecular weight is 324 g/mol. The maximum atomic E-state index is 13.1. The van der Waals surface area contributed by atoms with Crippen molar-refractivity contribution in [2.75, 3.05) is 18.5 Å². The van der Waals surface area contributed by atoms with Gasteiger partial charge in [-0.1, -0.05) is 15.9 Å². The summed E-state index contributed by atoms with van der Waals surface area (Å²) in [4.78, 5) is 0. The fraction of sp³-hybridized carbons (Fsp3) is 0.200. The summed E-state index contributed by atoms with van der Waals surface area (Å²) in [5.74, 6) is 0.650. The van der Waals surface area contributed by atoms with E-state index in [0.717, 1.165) is 15.9 Å². The highest BCUT2D eigenvalue weighted by molar-refractivity contribution is 9.10. The molecule has 2 aromatic rings. The molecule has 0 aliphatic heterocycles. The Balaban J connectivity index is 1.77. The minimum Gasteiger partial charge on any atom is -0.492 e. The minimum atomic E-state index is -0.184. The molecule has 0 unspecified atom stereocenters. The highest BCUT2D eigenvalue weighted by atomic mass is 79.9. The maximum Gasteiger partial charge on any atom is 0.126 e. The molecule has 0 aliphatic rings. The van der Waals surface area contributed by atoms with Crippen LogP contribution in [0.25, 0.3) is 0 Å². The predicted molar refractivity (Wildman–Crippen MR) is 79.3 cm³/mol. The number of rotatable bonds is 5. The van der Waals surface area contributed by atoms with Crippen LogP contribution in [-0.4, -0.2) is 13.2 Å². The van der Waals surface area contributed by atoms with Gasteiger partial charge in [-0.25, -0.2) is 4.39 Å². The summed E-state index contributed by atoms with van der Waals surface area (Å²) in [5, 5.41) is 3.19. The van der Waals surface area contributed by atoms with Crippen LogP contribution in [0.3, 0.4) is 0 Å². The van der Waals surface area contributed by atoms with Crippen molar-refractivity contribution in [2.24, 2.45) is 0 Å². The van der Waals surface area contributed by atoms with Crippen LogP contribution >= 0.6 is 15.9 Å². The Morgan fingerprint density at radius 2 is 1.89 bits per heavy atom. The monoisotopic (exact) mass is 323 g/mol. The molecule has 2 aromatic carbocycles. The topological polar surface area (TPSA) is 21.3 Å². The molecule has 2 rings (SSSR count). The first-order valence-corrected chi connectivity index (χ1v) is 6.83. The number of hydrogen-bond donors (Lipinski definition) is 1. The van der Waals surface area contributed by atoms with E-state index in [9.17, 15) is 4.39 Å². The summed E-state index contributed by atoms with van der Waals surface area (Å²) in [6.07, 6.45) is 0. The standard InChI is InChI=1S/C15H15BrFNO/c1-11-10-13(4-7-15(11)17)18-8-9-19-14-5-2-12(16)3-6-14/h2-7,10,18H,8-9H2,1H3. The van der Waals surface area contributed by atoms with Crippen LogP contribution in [0.1, 0.15) is 5.56 Å². The molecule has 100 valence electrons. The van der Waals surface area contributed by atoms with Gasteiger partial charge >= 0.3 is 0 Å². The maximum absolute atomic E-state index is 13.1. The molecule has 2 nitrogen and oxygen atoms in total. The molecule has 1 N–H and O–H groups in total. The van der Waals surface area contributed by atoms with Crippen LogP contribution in [-0.2, 0) is 0 Å². The first kappa shape index (κ1) is 13.9. The molecular formula is C15H15BrFNO. The van der Waals surface area contributed by atoms with Gasteiger partial charge in [-0.3, -0.25) is 0 Å². The van der Waals surface area contributed by atoms with Crippen molar-refractivity contribution in [3.05, 3.63) is 58.3 Å². The summed E-state index contributed by atoms with van der Waals surface area (Å²) in [6.45, 7) is 2.97. The zero-order valence-electron chi connectivity index (χ0n) is 10.6. The molecule has 0 saturated heterocycles. The minimum absolute atomic E-state index is 0.184. The fourth-order valence-corrected chi connectivity index (χ4v) is 1.91. The van der Waals surface area contributed by atoms with E-state index < -0.39 is 0 Å². The lowest BCUT2D eigenvalue weighted by molar-refractivity contribution is 0.333. The van der Waals surface area contributed by atoms with Crippen LogP contribution in [0, 0.1) is 12.7 Å². The van der Waals surface area contributed by atoms with Crippen LogP contribution in [0.15, 0.2) is 46.9 Å². The van der Waals surface area contributed by atoms with Gasteiger partial charge in [0.05, 0.1) is 0 Å². The Morgan fingerprint density at radius 3 is 2.58 bits per heavy atom. The summed E-state index contributed by atoms with van der Waals surface area (Å²) in [7, 11) is 0. The molecule has 0 aliphatic carbocycles. The quantitative estimate of drug-likeness (QED) is 0.824.